The molecule has 1 aromatic heterocycles. The fraction of sp³-hybridized carbons (Fsp3) is 0.273. The molecule has 2 aromatic rings. The highest BCUT2D eigenvalue weighted by atomic mass is 16.5. The highest BCUT2D eigenvalue weighted by molar-refractivity contribution is 5.84. The predicted octanol–water partition coefficient (Wildman–Crippen LogP) is 1.12. The number of phenolic OH excluding ortho intramolecular Hbond substituents is 1. The van der Waals surface area contributed by atoms with Crippen LogP contribution in [0.5, 0.6) is 5.75 Å². The van der Waals surface area contributed by atoms with Crippen LogP contribution in [0, 0.1) is 0 Å². The average Bonchev–Trinajstić information content (AvgIpc) is 2.46. The number of aliphatic hydroxyl groups is 2. The Morgan fingerprint density at radius 1 is 1.33 bits per heavy atom. The third-order valence-corrected chi connectivity index (χ3v) is 2.28. The Hall–Kier alpha value is -1.52. The molecule has 0 aliphatic carbocycles. The van der Waals surface area contributed by atoms with E-state index in [1.165, 1.54) is 6.92 Å². The summed E-state index contributed by atoms with van der Waals surface area (Å²) in [6.45, 7) is 1.33. The monoisotopic (exact) mass is 207 g/mol. The van der Waals surface area contributed by atoms with Crippen LogP contribution < -0.4 is 0 Å². The first-order chi connectivity index (χ1) is 6.96. The van der Waals surface area contributed by atoms with Crippen molar-refractivity contribution >= 4 is 10.9 Å². The van der Waals surface area contributed by atoms with Gasteiger partial charge in [-0.3, -0.25) is 0 Å². The van der Waals surface area contributed by atoms with Crippen molar-refractivity contribution in [3.63, 3.8) is 0 Å². The topological polar surface area (TPSA) is 76.5 Å². The Balaban J connectivity index is 2.48. The van der Waals surface area contributed by atoms with Crippen LogP contribution >= 0.6 is 0 Å². The number of phenols is 1. The molecule has 15 heavy (non-hydrogen) atoms. The normalized spacial score (nSPS) is 12.2. The van der Waals surface area contributed by atoms with E-state index in [-0.39, 0.29) is 12.2 Å². The van der Waals surface area contributed by atoms with Crippen molar-refractivity contribution in [1.82, 2.24) is 4.98 Å². The van der Waals surface area contributed by atoms with Gasteiger partial charge in [-0.05, 0) is 30.7 Å². The van der Waals surface area contributed by atoms with Gasteiger partial charge < -0.3 is 20.3 Å². The van der Waals surface area contributed by atoms with Crippen LogP contribution in [0.4, 0.5) is 0 Å². The van der Waals surface area contributed by atoms with Gasteiger partial charge in [0.2, 0.25) is 0 Å². The fourth-order valence-electron chi connectivity index (χ4n) is 1.67. The Morgan fingerprint density at radius 3 is 2.73 bits per heavy atom. The maximum atomic E-state index is 9.33. The van der Waals surface area contributed by atoms with Crippen LogP contribution in [-0.4, -0.2) is 26.1 Å². The lowest BCUT2D eigenvalue weighted by Crippen LogP contribution is -2.25. The molecule has 0 amide bonds. The Labute approximate surface area is 86.8 Å². The van der Waals surface area contributed by atoms with E-state index < -0.39 is 5.79 Å². The van der Waals surface area contributed by atoms with Gasteiger partial charge in [0.15, 0.2) is 5.79 Å². The molecule has 0 aliphatic rings. The molecule has 0 aliphatic heterocycles. The van der Waals surface area contributed by atoms with Crippen LogP contribution in [-0.2, 0) is 6.42 Å². The summed E-state index contributed by atoms with van der Waals surface area (Å²) < 4.78 is 0. The molecule has 1 aromatic carbocycles. The zero-order valence-electron chi connectivity index (χ0n) is 8.36. The number of aromatic amines is 1. The van der Waals surface area contributed by atoms with Gasteiger partial charge in [-0.2, -0.15) is 0 Å². The van der Waals surface area contributed by atoms with E-state index in [9.17, 15) is 15.3 Å². The largest absolute Gasteiger partial charge is 0.508 e. The highest BCUT2D eigenvalue weighted by Gasteiger charge is 2.18. The van der Waals surface area contributed by atoms with Crippen molar-refractivity contribution in [2.45, 2.75) is 19.1 Å². The van der Waals surface area contributed by atoms with Crippen LogP contribution in [0.3, 0.4) is 0 Å². The number of nitrogens with one attached hydrogen (secondary N) is 1. The van der Waals surface area contributed by atoms with Gasteiger partial charge in [0, 0.05) is 23.5 Å². The van der Waals surface area contributed by atoms with E-state index in [0.29, 0.717) is 0 Å². The SMILES string of the molecule is CC(O)(O)Cc1c[nH]c2ccc(O)cc12. The molecule has 4 heteroatoms. The van der Waals surface area contributed by atoms with Crippen LogP contribution in [0.25, 0.3) is 10.9 Å². The van der Waals surface area contributed by atoms with E-state index in [4.69, 9.17) is 0 Å². The first-order valence-corrected chi connectivity index (χ1v) is 4.69. The van der Waals surface area contributed by atoms with Gasteiger partial charge in [-0.25, -0.2) is 0 Å². The van der Waals surface area contributed by atoms with Crippen molar-refractivity contribution < 1.29 is 15.3 Å². The van der Waals surface area contributed by atoms with Gasteiger partial charge in [-0.1, -0.05) is 0 Å². The predicted molar refractivity (Wildman–Crippen MR) is 56.5 cm³/mol. The van der Waals surface area contributed by atoms with Crippen LogP contribution in [0.15, 0.2) is 24.4 Å². The molecule has 0 unspecified atom stereocenters. The molecule has 0 spiro atoms. The van der Waals surface area contributed by atoms with Crippen LogP contribution in [0.2, 0.25) is 0 Å². The van der Waals surface area contributed by atoms with Crippen molar-refractivity contribution in [2.75, 3.05) is 0 Å². The fourth-order valence-corrected chi connectivity index (χ4v) is 1.67. The van der Waals surface area contributed by atoms with E-state index in [2.05, 4.69) is 4.98 Å². The molecule has 0 radical (unpaired) electrons. The zero-order valence-corrected chi connectivity index (χ0v) is 8.36. The molecule has 4 N–H and O–H groups in total. The van der Waals surface area contributed by atoms with E-state index >= 15 is 0 Å². The summed E-state index contributed by atoms with van der Waals surface area (Å²) in [4.78, 5) is 3.00. The van der Waals surface area contributed by atoms with Crippen molar-refractivity contribution in [3.8, 4) is 5.75 Å². The lowest BCUT2D eigenvalue weighted by atomic mass is 10.1. The van der Waals surface area contributed by atoms with Gasteiger partial charge in [0.1, 0.15) is 5.75 Å². The number of fused-ring (bicyclic) bond motifs is 1. The van der Waals surface area contributed by atoms with Gasteiger partial charge >= 0.3 is 0 Å². The Kier molecular flexibility index (Phi) is 2.17. The second-order valence-electron chi connectivity index (χ2n) is 3.94. The van der Waals surface area contributed by atoms with E-state index in [1.54, 1.807) is 24.4 Å². The maximum Gasteiger partial charge on any atom is 0.163 e. The third-order valence-electron chi connectivity index (χ3n) is 2.28. The second-order valence-corrected chi connectivity index (χ2v) is 3.94. The number of aromatic hydroxyl groups is 1. The summed E-state index contributed by atoms with van der Waals surface area (Å²) in [5, 5.41) is 28.7. The Bertz CT molecular complexity index is 482. The molecule has 0 fully saturated rings. The second kappa shape index (κ2) is 3.25. The standard InChI is InChI=1S/C11H13NO3/c1-11(14,15)5-7-6-12-10-3-2-8(13)4-9(7)10/h2-4,6,12-15H,5H2,1H3. The quantitative estimate of drug-likeness (QED) is 0.557. The molecule has 0 atom stereocenters. The average molecular weight is 207 g/mol. The minimum absolute atomic E-state index is 0.121. The molecular formula is C11H13NO3. The maximum absolute atomic E-state index is 9.33. The van der Waals surface area contributed by atoms with Crippen molar-refractivity contribution in [2.24, 2.45) is 0 Å². The number of rotatable bonds is 2. The first-order valence-electron chi connectivity index (χ1n) is 4.69. The molecule has 4 nitrogen and oxygen atoms in total. The molecule has 0 saturated carbocycles. The molecule has 0 bridgehead atoms. The summed E-state index contributed by atoms with van der Waals surface area (Å²) in [5.41, 5.74) is 1.64. The molecule has 0 saturated heterocycles. The van der Waals surface area contributed by atoms with Crippen molar-refractivity contribution in [1.29, 1.82) is 0 Å². The van der Waals surface area contributed by atoms with Gasteiger partial charge in [0.05, 0.1) is 0 Å². The van der Waals surface area contributed by atoms with Gasteiger partial charge in [-0.15, -0.1) is 0 Å². The zero-order chi connectivity index (χ0) is 11.1. The number of H-pyrrole nitrogens is 1. The first kappa shape index (κ1) is 10.0. The summed E-state index contributed by atoms with van der Waals surface area (Å²) in [5.74, 6) is -1.57. The summed E-state index contributed by atoms with van der Waals surface area (Å²) in [7, 11) is 0. The third kappa shape index (κ3) is 2.11. The number of hydrogen-bond donors (Lipinski definition) is 4. The lowest BCUT2D eigenvalue weighted by Gasteiger charge is -2.14. The molecule has 2 rings (SSSR count). The highest BCUT2D eigenvalue weighted by Crippen LogP contribution is 2.25. The number of aromatic nitrogens is 1. The lowest BCUT2D eigenvalue weighted by molar-refractivity contribution is -0.142. The summed E-state index contributed by atoms with van der Waals surface area (Å²) >= 11 is 0. The summed E-state index contributed by atoms with van der Waals surface area (Å²) in [6.07, 6.45) is 1.84. The van der Waals surface area contributed by atoms with Gasteiger partial charge in [0.25, 0.3) is 0 Å². The van der Waals surface area contributed by atoms with Crippen molar-refractivity contribution in [3.05, 3.63) is 30.0 Å². The van der Waals surface area contributed by atoms with E-state index in [0.717, 1.165) is 16.5 Å². The molecule has 80 valence electrons. The number of hydrogen-bond acceptors (Lipinski definition) is 3. The smallest absolute Gasteiger partial charge is 0.163 e. The molecular weight excluding hydrogens is 194 g/mol. The van der Waals surface area contributed by atoms with E-state index in [1.807, 2.05) is 0 Å². The number of benzene rings is 1. The van der Waals surface area contributed by atoms with Crippen LogP contribution in [0.1, 0.15) is 12.5 Å². The molecule has 1 heterocycles. The Morgan fingerprint density at radius 2 is 2.07 bits per heavy atom. The minimum Gasteiger partial charge on any atom is -0.508 e. The summed E-state index contributed by atoms with van der Waals surface area (Å²) in [6, 6.07) is 4.94. The minimum atomic E-state index is -1.74.